The van der Waals surface area contributed by atoms with Gasteiger partial charge in [0.1, 0.15) is 5.82 Å². The average molecular weight is 410 g/mol. The van der Waals surface area contributed by atoms with Crippen molar-refractivity contribution in [2.75, 3.05) is 36.5 Å². The van der Waals surface area contributed by atoms with Crippen molar-refractivity contribution in [3.05, 3.63) is 59.4 Å². The molecule has 1 atom stereocenters. The fraction of sp³-hybridized carbons (Fsp3) is 0.381. The number of halogens is 4. The zero-order valence-electron chi connectivity index (χ0n) is 15.9. The molecule has 0 aliphatic carbocycles. The minimum absolute atomic E-state index is 0.0677. The van der Waals surface area contributed by atoms with Gasteiger partial charge in [-0.2, -0.15) is 13.2 Å². The summed E-state index contributed by atoms with van der Waals surface area (Å²) in [4.78, 5) is 14.2. The summed E-state index contributed by atoms with van der Waals surface area (Å²) in [5.41, 5.74) is 0.698. The Labute approximate surface area is 166 Å². The molecule has 4 nitrogen and oxygen atoms in total. The number of benzene rings is 2. The van der Waals surface area contributed by atoms with Crippen LogP contribution >= 0.6 is 0 Å². The quantitative estimate of drug-likeness (QED) is 0.719. The van der Waals surface area contributed by atoms with E-state index in [1.54, 1.807) is 19.1 Å². The highest BCUT2D eigenvalue weighted by Gasteiger charge is 2.30. The van der Waals surface area contributed by atoms with E-state index < -0.39 is 17.6 Å². The van der Waals surface area contributed by atoms with Crippen LogP contribution in [0, 0.1) is 5.82 Å². The molecule has 8 heteroatoms. The minimum Gasteiger partial charge on any atom is -0.378 e. The summed E-state index contributed by atoms with van der Waals surface area (Å²) in [5.74, 6) is -1.05. The first-order chi connectivity index (χ1) is 13.7. The van der Waals surface area contributed by atoms with E-state index >= 15 is 0 Å². The molecule has 2 aromatic carbocycles. The maximum absolute atomic E-state index is 14.4. The van der Waals surface area contributed by atoms with Gasteiger partial charge in [0.25, 0.3) is 0 Å². The fourth-order valence-corrected chi connectivity index (χ4v) is 3.25. The van der Waals surface area contributed by atoms with E-state index in [1.165, 1.54) is 18.2 Å². The first-order valence-corrected chi connectivity index (χ1v) is 9.33. The fourth-order valence-electron chi connectivity index (χ4n) is 3.25. The molecule has 0 aromatic heterocycles. The van der Waals surface area contributed by atoms with Crippen LogP contribution in [0.1, 0.15) is 30.4 Å². The van der Waals surface area contributed by atoms with E-state index in [2.05, 4.69) is 5.32 Å². The Morgan fingerprint density at radius 3 is 2.38 bits per heavy atom. The van der Waals surface area contributed by atoms with Gasteiger partial charge in [0, 0.05) is 25.2 Å². The lowest BCUT2D eigenvalue weighted by Crippen LogP contribution is -2.36. The molecule has 1 unspecified atom stereocenters. The lowest BCUT2D eigenvalue weighted by Gasteiger charge is -2.29. The molecule has 1 fully saturated rings. The Kier molecular flexibility index (Phi) is 6.42. The SMILES string of the molecule is CC(CC(=O)Nc1ccc(N2CCOCC2)c(F)c1)c1ccc(C(F)(F)F)cc1. The third-order valence-corrected chi connectivity index (χ3v) is 4.88. The second-order valence-corrected chi connectivity index (χ2v) is 7.04. The molecule has 1 aliphatic heterocycles. The molecular weight excluding hydrogens is 388 g/mol. The number of anilines is 2. The van der Waals surface area contributed by atoms with E-state index in [1.807, 2.05) is 4.90 Å². The second kappa shape index (κ2) is 8.82. The van der Waals surface area contributed by atoms with Gasteiger partial charge in [-0.15, -0.1) is 0 Å². The van der Waals surface area contributed by atoms with Crippen molar-refractivity contribution in [2.45, 2.75) is 25.4 Å². The molecule has 0 spiro atoms. The van der Waals surface area contributed by atoms with Gasteiger partial charge >= 0.3 is 6.18 Å². The normalized spacial score (nSPS) is 15.8. The van der Waals surface area contributed by atoms with Crippen LogP contribution in [0.5, 0.6) is 0 Å². The van der Waals surface area contributed by atoms with Gasteiger partial charge < -0.3 is 15.0 Å². The number of rotatable bonds is 5. The maximum Gasteiger partial charge on any atom is 0.416 e. The molecule has 1 N–H and O–H groups in total. The smallest absolute Gasteiger partial charge is 0.378 e. The summed E-state index contributed by atoms with van der Waals surface area (Å²) in [6, 6.07) is 9.28. The highest BCUT2D eigenvalue weighted by Crippen LogP contribution is 2.31. The van der Waals surface area contributed by atoms with Crippen LogP contribution in [0.4, 0.5) is 28.9 Å². The molecular formula is C21H22F4N2O2. The Balaban J connectivity index is 1.59. The van der Waals surface area contributed by atoms with Crippen molar-refractivity contribution in [3.63, 3.8) is 0 Å². The van der Waals surface area contributed by atoms with E-state index in [4.69, 9.17) is 4.74 Å². The highest BCUT2D eigenvalue weighted by molar-refractivity contribution is 5.91. The van der Waals surface area contributed by atoms with Crippen molar-refractivity contribution in [1.82, 2.24) is 0 Å². The summed E-state index contributed by atoms with van der Waals surface area (Å²) < 4.78 is 57.6. The average Bonchev–Trinajstić information content (AvgIpc) is 2.68. The number of carbonyl (C=O) groups is 1. The predicted octanol–water partition coefficient (Wildman–Crippen LogP) is 4.81. The van der Waals surface area contributed by atoms with Gasteiger partial charge in [0.05, 0.1) is 24.5 Å². The number of morpholine rings is 1. The lowest BCUT2D eigenvalue weighted by molar-refractivity contribution is -0.137. The van der Waals surface area contributed by atoms with Crippen molar-refractivity contribution in [3.8, 4) is 0 Å². The van der Waals surface area contributed by atoms with Crippen LogP contribution in [0.15, 0.2) is 42.5 Å². The summed E-state index contributed by atoms with van der Waals surface area (Å²) >= 11 is 0. The van der Waals surface area contributed by atoms with Gasteiger partial charge in [0.15, 0.2) is 0 Å². The third kappa shape index (κ3) is 5.47. The van der Waals surface area contributed by atoms with E-state index in [0.29, 0.717) is 43.2 Å². The Morgan fingerprint density at radius 1 is 1.14 bits per heavy atom. The first kappa shape index (κ1) is 21.1. The Bertz CT molecular complexity index is 847. The summed E-state index contributed by atoms with van der Waals surface area (Å²) in [6.07, 6.45) is -4.32. The molecule has 3 rings (SSSR count). The van der Waals surface area contributed by atoms with Crippen LogP contribution in [-0.2, 0) is 15.7 Å². The molecule has 2 aromatic rings. The van der Waals surface area contributed by atoms with Gasteiger partial charge in [-0.05, 0) is 41.8 Å². The molecule has 29 heavy (non-hydrogen) atoms. The van der Waals surface area contributed by atoms with Crippen LogP contribution in [0.2, 0.25) is 0 Å². The van der Waals surface area contributed by atoms with Gasteiger partial charge in [0.2, 0.25) is 5.91 Å². The number of nitrogens with one attached hydrogen (secondary N) is 1. The van der Waals surface area contributed by atoms with Gasteiger partial charge in [-0.25, -0.2) is 4.39 Å². The van der Waals surface area contributed by atoms with Crippen LogP contribution < -0.4 is 10.2 Å². The zero-order chi connectivity index (χ0) is 21.0. The van der Waals surface area contributed by atoms with Crippen molar-refractivity contribution >= 4 is 17.3 Å². The number of nitrogens with zero attached hydrogens (tertiary/aromatic N) is 1. The van der Waals surface area contributed by atoms with Crippen LogP contribution in [0.3, 0.4) is 0 Å². The number of hydrogen-bond donors (Lipinski definition) is 1. The number of carbonyl (C=O) groups excluding carboxylic acids is 1. The molecule has 1 heterocycles. The number of amides is 1. The maximum atomic E-state index is 14.4. The molecule has 1 saturated heterocycles. The minimum atomic E-state index is -4.39. The number of alkyl halides is 3. The Hall–Kier alpha value is -2.61. The molecule has 156 valence electrons. The molecule has 0 radical (unpaired) electrons. The van der Waals surface area contributed by atoms with Crippen LogP contribution in [-0.4, -0.2) is 32.2 Å². The largest absolute Gasteiger partial charge is 0.416 e. The van der Waals surface area contributed by atoms with E-state index in [-0.39, 0.29) is 18.2 Å². The Morgan fingerprint density at radius 2 is 1.79 bits per heavy atom. The zero-order valence-corrected chi connectivity index (χ0v) is 15.9. The first-order valence-electron chi connectivity index (χ1n) is 9.33. The van der Waals surface area contributed by atoms with Crippen molar-refractivity contribution in [2.24, 2.45) is 0 Å². The topological polar surface area (TPSA) is 41.6 Å². The third-order valence-electron chi connectivity index (χ3n) is 4.88. The number of ether oxygens (including phenoxy) is 1. The van der Waals surface area contributed by atoms with Crippen molar-refractivity contribution in [1.29, 1.82) is 0 Å². The number of hydrogen-bond acceptors (Lipinski definition) is 3. The van der Waals surface area contributed by atoms with Gasteiger partial charge in [-0.1, -0.05) is 19.1 Å². The lowest BCUT2D eigenvalue weighted by atomic mass is 9.96. The predicted molar refractivity (Wildman–Crippen MR) is 103 cm³/mol. The molecule has 1 aliphatic rings. The standard InChI is InChI=1S/C21H22F4N2O2/c1-14(15-2-4-16(5-3-15)21(23,24)25)12-20(28)26-17-6-7-19(18(22)13-17)27-8-10-29-11-9-27/h2-7,13-14H,8-12H2,1H3,(H,26,28). The molecule has 1 amide bonds. The molecule has 0 bridgehead atoms. The second-order valence-electron chi connectivity index (χ2n) is 7.04. The summed E-state index contributed by atoms with van der Waals surface area (Å²) in [5, 5.41) is 2.65. The highest BCUT2D eigenvalue weighted by atomic mass is 19.4. The van der Waals surface area contributed by atoms with E-state index in [9.17, 15) is 22.4 Å². The summed E-state index contributed by atoms with van der Waals surface area (Å²) in [7, 11) is 0. The monoisotopic (exact) mass is 410 g/mol. The summed E-state index contributed by atoms with van der Waals surface area (Å²) in [6.45, 7) is 4.05. The van der Waals surface area contributed by atoms with E-state index in [0.717, 1.165) is 12.1 Å². The molecule has 0 saturated carbocycles. The van der Waals surface area contributed by atoms with Gasteiger partial charge in [-0.3, -0.25) is 4.79 Å². The van der Waals surface area contributed by atoms with Crippen LogP contribution in [0.25, 0.3) is 0 Å². The van der Waals surface area contributed by atoms with Crippen molar-refractivity contribution < 1.29 is 27.1 Å².